The van der Waals surface area contributed by atoms with Crippen molar-refractivity contribution >= 4 is 6.09 Å². The number of rotatable bonds is 11. The van der Waals surface area contributed by atoms with Crippen molar-refractivity contribution in [2.24, 2.45) is 5.92 Å². The minimum Gasteiger partial charge on any atom is -0.489 e. The second-order valence-electron chi connectivity index (χ2n) is 10.3. The Morgan fingerprint density at radius 3 is 2.35 bits per heavy atom. The summed E-state index contributed by atoms with van der Waals surface area (Å²) >= 11 is 0. The van der Waals surface area contributed by atoms with E-state index in [9.17, 15) is 9.90 Å². The van der Waals surface area contributed by atoms with Crippen molar-refractivity contribution in [3.63, 3.8) is 0 Å². The van der Waals surface area contributed by atoms with Gasteiger partial charge in [0.15, 0.2) is 0 Å². The highest BCUT2D eigenvalue weighted by atomic mass is 16.6. The maximum Gasteiger partial charge on any atom is 0.407 e. The molecule has 1 amide bonds. The fourth-order valence-electron chi connectivity index (χ4n) is 4.25. The Morgan fingerprint density at radius 1 is 1.03 bits per heavy atom. The fourth-order valence-corrected chi connectivity index (χ4v) is 4.25. The third-order valence-electron chi connectivity index (χ3n) is 6.06. The first-order valence-corrected chi connectivity index (χ1v) is 12.4. The third kappa shape index (κ3) is 9.35. The molecule has 2 unspecified atom stereocenters. The Kier molecular flexibility index (Phi) is 9.78. The van der Waals surface area contributed by atoms with Crippen molar-refractivity contribution in [3.05, 3.63) is 65.7 Å². The van der Waals surface area contributed by atoms with Crippen LogP contribution in [-0.2, 0) is 17.8 Å². The highest BCUT2D eigenvalue weighted by molar-refractivity contribution is 5.68. The number of nitrogens with one attached hydrogen (secondary N) is 2. The van der Waals surface area contributed by atoms with Gasteiger partial charge in [0, 0.05) is 6.54 Å². The van der Waals surface area contributed by atoms with E-state index >= 15 is 0 Å². The molecule has 0 aromatic heterocycles. The van der Waals surface area contributed by atoms with Crippen molar-refractivity contribution in [2.45, 2.75) is 77.2 Å². The summed E-state index contributed by atoms with van der Waals surface area (Å²) < 4.78 is 11.3. The molecule has 1 aliphatic rings. The molecule has 0 spiro atoms. The van der Waals surface area contributed by atoms with Gasteiger partial charge in [0.25, 0.3) is 0 Å². The highest BCUT2D eigenvalue weighted by Crippen LogP contribution is 2.23. The minimum atomic E-state index is -0.733. The Hall–Kier alpha value is -2.57. The van der Waals surface area contributed by atoms with Crippen LogP contribution < -0.4 is 15.4 Å². The standard InChI is InChI=1S/C28H40N2O4/c1-28(2,3)34-27(32)30-25(26(31)19-29-18-22-9-7-8-10-22)17-21-13-15-24(16-14-21)33-20-23-11-5-4-6-12-23/h4-6,11-16,22,25-26,29,31H,7-10,17-20H2,1-3H3,(H,30,32). The topological polar surface area (TPSA) is 79.8 Å². The molecular formula is C28H40N2O4. The van der Waals surface area contributed by atoms with Gasteiger partial charge >= 0.3 is 6.09 Å². The van der Waals surface area contributed by atoms with E-state index in [-0.39, 0.29) is 0 Å². The van der Waals surface area contributed by atoms with E-state index in [2.05, 4.69) is 10.6 Å². The minimum absolute atomic E-state index is 0.426. The normalized spacial score (nSPS) is 16.1. The van der Waals surface area contributed by atoms with Crippen LogP contribution in [0.25, 0.3) is 0 Å². The Labute approximate surface area is 204 Å². The van der Waals surface area contributed by atoms with E-state index in [0.717, 1.165) is 23.4 Å². The number of carbonyl (C=O) groups is 1. The fraction of sp³-hybridized carbons (Fsp3) is 0.536. The molecule has 186 valence electrons. The summed E-state index contributed by atoms with van der Waals surface area (Å²) in [7, 11) is 0. The molecule has 3 N–H and O–H groups in total. The number of amides is 1. The first kappa shape index (κ1) is 26.0. The summed E-state index contributed by atoms with van der Waals surface area (Å²) in [5.74, 6) is 1.47. The van der Waals surface area contributed by atoms with Crippen molar-refractivity contribution in [2.75, 3.05) is 13.1 Å². The first-order valence-electron chi connectivity index (χ1n) is 12.4. The highest BCUT2D eigenvalue weighted by Gasteiger charge is 2.25. The number of carbonyl (C=O) groups excluding carboxylic acids is 1. The smallest absolute Gasteiger partial charge is 0.407 e. The molecule has 2 atom stereocenters. The average molecular weight is 469 g/mol. The molecule has 0 heterocycles. The van der Waals surface area contributed by atoms with Gasteiger partial charge in [-0.3, -0.25) is 0 Å². The lowest BCUT2D eigenvalue weighted by Gasteiger charge is -2.27. The SMILES string of the molecule is CC(C)(C)OC(=O)NC(Cc1ccc(OCc2ccccc2)cc1)C(O)CNCC1CCCC1. The molecule has 0 aliphatic heterocycles. The van der Waals surface area contributed by atoms with Gasteiger partial charge in [0.2, 0.25) is 0 Å². The van der Waals surface area contributed by atoms with E-state index in [0.29, 0.717) is 25.5 Å². The van der Waals surface area contributed by atoms with Crippen LogP contribution in [0.1, 0.15) is 57.6 Å². The molecule has 1 fully saturated rings. The summed E-state index contributed by atoms with van der Waals surface area (Å²) in [6.07, 6.45) is 4.33. The maximum atomic E-state index is 12.4. The van der Waals surface area contributed by atoms with Gasteiger partial charge < -0.3 is 25.2 Å². The quantitative estimate of drug-likeness (QED) is 0.440. The van der Waals surface area contributed by atoms with Gasteiger partial charge in [-0.05, 0) is 75.8 Å². The number of alkyl carbamates (subject to hydrolysis) is 1. The van der Waals surface area contributed by atoms with Crippen molar-refractivity contribution in [1.82, 2.24) is 10.6 Å². The molecular weight excluding hydrogens is 428 g/mol. The van der Waals surface area contributed by atoms with Crippen molar-refractivity contribution < 1.29 is 19.4 Å². The van der Waals surface area contributed by atoms with Gasteiger partial charge in [-0.25, -0.2) is 4.79 Å². The second-order valence-corrected chi connectivity index (χ2v) is 10.3. The van der Waals surface area contributed by atoms with Crippen LogP contribution in [0.4, 0.5) is 4.79 Å². The van der Waals surface area contributed by atoms with Crippen molar-refractivity contribution in [3.8, 4) is 5.75 Å². The second kappa shape index (κ2) is 12.8. The van der Waals surface area contributed by atoms with Crippen LogP contribution in [0.5, 0.6) is 5.75 Å². The lowest BCUT2D eigenvalue weighted by Crippen LogP contribution is -2.50. The number of ether oxygens (including phenoxy) is 2. The predicted molar refractivity (Wildman–Crippen MR) is 135 cm³/mol. The van der Waals surface area contributed by atoms with Crippen LogP contribution >= 0.6 is 0 Å². The summed E-state index contributed by atoms with van der Waals surface area (Å²) in [5.41, 5.74) is 1.52. The van der Waals surface area contributed by atoms with E-state index in [1.165, 1.54) is 25.7 Å². The molecule has 0 saturated heterocycles. The van der Waals surface area contributed by atoms with Gasteiger partial charge in [0.05, 0.1) is 12.1 Å². The van der Waals surface area contributed by atoms with Crippen LogP contribution in [0.3, 0.4) is 0 Å². The lowest BCUT2D eigenvalue weighted by atomic mass is 10.0. The van der Waals surface area contributed by atoms with Gasteiger partial charge in [-0.2, -0.15) is 0 Å². The monoisotopic (exact) mass is 468 g/mol. The van der Waals surface area contributed by atoms with Crippen LogP contribution in [-0.4, -0.2) is 42.0 Å². The summed E-state index contributed by atoms with van der Waals surface area (Å²) in [6, 6.07) is 17.4. The number of benzene rings is 2. The molecule has 2 aromatic rings. The zero-order valence-electron chi connectivity index (χ0n) is 20.8. The van der Waals surface area contributed by atoms with Crippen LogP contribution in [0.2, 0.25) is 0 Å². The summed E-state index contributed by atoms with van der Waals surface area (Å²) in [4.78, 5) is 12.4. The molecule has 6 heteroatoms. The molecule has 2 aromatic carbocycles. The van der Waals surface area contributed by atoms with Crippen LogP contribution in [0.15, 0.2) is 54.6 Å². The molecule has 1 aliphatic carbocycles. The predicted octanol–water partition coefficient (Wildman–Crippen LogP) is 4.84. The molecule has 34 heavy (non-hydrogen) atoms. The number of aliphatic hydroxyl groups is 1. The Balaban J connectivity index is 1.56. The zero-order valence-corrected chi connectivity index (χ0v) is 20.8. The third-order valence-corrected chi connectivity index (χ3v) is 6.06. The molecule has 0 radical (unpaired) electrons. The molecule has 6 nitrogen and oxygen atoms in total. The van der Waals surface area contributed by atoms with E-state index in [1.54, 1.807) is 0 Å². The van der Waals surface area contributed by atoms with Gasteiger partial charge in [-0.15, -0.1) is 0 Å². The van der Waals surface area contributed by atoms with Gasteiger partial charge in [0.1, 0.15) is 18.0 Å². The molecule has 1 saturated carbocycles. The zero-order chi connectivity index (χ0) is 24.4. The molecule has 0 bridgehead atoms. The average Bonchev–Trinajstić information content (AvgIpc) is 3.31. The summed E-state index contributed by atoms with van der Waals surface area (Å²) in [5, 5.41) is 17.2. The van der Waals surface area contributed by atoms with Crippen LogP contribution in [0, 0.1) is 5.92 Å². The maximum absolute atomic E-state index is 12.4. The van der Waals surface area contributed by atoms with E-state index < -0.39 is 23.8 Å². The Morgan fingerprint density at radius 2 is 1.71 bits per heavy atom. The number of aliphatic hydroxyl groups excluding tert-OH is 1. The van der Waals surface area contributed by atoms with E-state index in [4.69, 9.17) is 9.47 Å². The number of hydrogen-bond acceptors (Lipinski definition) is 5. The largest absolute Gasteiger partial charge is 0.489 e. The number of hydrogen-bond donors (Lipinski definition) is 3. The van der Waals surface area contributed by atoms with Gasteiger partial charge in [-0.1, -0.05) is 55.3 Å². The first-order chi connectivity index (χ1) is 16.3. The lowest BCUT2D eigenvalue weighted by molar-refractivity contribution is 0.0422. The molecule has 3 rings (SSSR count). The van der Waals surface area contributed by atoms with Crippen molar-refractivity contribution in [1.29, 1.82) is 0 Å². The summed E-state index contributed by atoms with van der Waals surface area (Å²) in [6.45, 7) is 7.33. The van der Waals surface area contributed by atoms with E-state index in [1.807, 2.05) is 75.4 Å². The Bertz CT molecular complexity index is 858.